The number of imidazole rings is 1. The van der Waals surface area contributed by atoms with Crippen LogP contribution in [0.2, 0.25) is 0 Å². The van der Waals surface area contributed by atoms with Gasteiger partial charge >= 0.3 is 0 Å². The first-order chi connectivity index (χ1) is 13.9. The third-order valence-corrected chi connectivity index (χ3v) is 5.25. The molecule has 1 aliphatic heterocycles. The van der Waals surface area contributed by atoms with Crippen molar-refractivity contribution in [3.05, 3.63) is 65.7 Å². The molecule has 0 bridgehead atoms. The molecule has 1 fully saturated rings. The van der Waals surface area contributed by atoms with Crippen molar-refractivity contribution in [1.82, 2.24) is 19.4 Å². The molecule has 1 aromatic carbocycles. The van der Waals surface area contributed by atoms with Gasteiger partial charge in [0, 0.05) is 35.9 Å². The van der Waals surface area contributed by atoms with E-state index in [-0.39, 0.29) is 11.6 Å². The number of amides is 2. The first kappa shape index (κ1) is 18.9. The predicted molar refractivity (Wildman–Crippen MR) is 110 cm³/mol. The van der Waals surface area contributed by atoms with Gasteiger partial charge < -0.3 is 10.6 Å². The van der Waals surface area contributed by atoms with E-state index in [1.165, 1.54) is 4.90 Å². The number of hydrogen-bond donors (Lipinski definition) is 1. The molecule has 2 amide bonds. The molecule has 7 nitrogen and oxygen atoms in total. The molecule has 1 aliphatic rings. The number of likely N-dealkylation sites (tertiary alicyclic amines) is 1. The lowest BCUT2D eigenvalue weighted by molar-refractivity contribution is -0.121. The van der Waals surface area contributed by atoms with E-state index in [1.54, 1.807) is 12.4 Å². The van der Waals surface area contributed by atoms with Crippen LogP contribution in [0.1, 0.15) is 34.6 Å². The maximum absolute atomic E-state index is 13.1. The van der Waals surface area contributed by atoms with Gasteiger partial charge in [0.2, 0.25) is 5.91 Å². The molecule has 2 aromatic heterocycles. The maximum atomic E-state index is 13.1. The van der Waals surface area contributed by atoms with Crippen molar-refractivity contribution in [2.45, 2.75) is 32.7 Å². The molecule has 0 saturated carbocycles. The third kappa shape index (κ3) is 3.63. The zero-order valence-electron chi connectivity index (χ0n) is 16.5. The van der Waals surface area contributed by atoms with Crippen molar-refractivity contribution in [3.63, 3.8) is 0 Å². The van der Waals surface area contributed by atoms with Gasteiger partial charge in [-0.1, -0.05) is 17.7 Å². The van der Waals surface area contributed by atoms with Crippen molar-refractivity contribution in [2.75, 3.05) is 6.54 Å². The summed E-state index contributed by atoms with van der Waals surface area (Å²) < 4.78 is 1.88. The van der Waals surface area contributed by atoms with E-state index >= 15 is 0 Å². The van der Waals surface area contributed by atoms with Crippen LogP contribution >= 0.6 is 0 Å². The van der Waals surface area contributed by atoms with E-state index in [0.717, 1.165) is 28.9 Å². The average molecular weight is 389 g/mol. The van der Waals surface area contributed by atoms with Crippen molar-refractivity contribution >= 4 is 11.8 Å². The SMILES string of the molecule is Cc1ccc(-n2cc(C(=O)N3CCCC3C(N)=O)nc2-c2ccc(C)nc2)cc1. The lowest BCUT2D eigenvalue weighted by Gasteiger charge is -2.20. The molecule has 1 atom stereocenters. The van der Waals surface area contributed by atoms with Crippen molar-refractivity contribution < 1.29 is 9.59 Å². The number of rotatable bonds is 4. The van der Waals surface area contributed by atoms with Gasteiger partial charge in [-0.25, -0.2) is 4.98 Å². The largest absolute Gasteiger partial charge is 0.368 e. The lowest BCUT2D eigenvalue weighted by atomic mass is 10.2. The number of carbonyl (C=O) groups is 2. The molecule has 148 valence electrons. The van der Waals surface area contributed by atoms with Crippen LogP contribution in [0.15, 0.2) is 48.8 Å². The Morgan fingerprint density at radius 3 is 2.52 bits per heavy atom. The monoisotopic (exact) mass is 389 g/mol. The first-order valence-corrected chi connectivity index (χ1v) is 9.64. The van der Waals surface area contributed by atoms with Crippen LogP contribution in [0.4, 0.5) is 0 Å². The van der Waals surface area contributed by atoms with E-state index in [9.17, 15) is 9.59 Å². The van der Waals surface area contributed by atoms with E-state index in [1.807, 2.05) is 54.8 Å². The number of nitrogens with two attached hydrogens (primary N) is 1. The number of nitrogens with zero attached hydrogens (tertiary/aromatic N) is 4. The van der Waals surface area contributed by atoms with Crippen LogP contribution in [-0.2, 0) is 4.79 Å². The van der Waals surface area contributed by atoms with Crippen molar-refractivity contribution in [2.24, 2.45) is 5.73 Å². The summed E-state index contributed by atoms with van der Waals surface area (Å²) in [6, 6.07) is 11.3. The maximum Gasteiger partial charge on any atom is 0.274 e. The van der Waals surface area contributed by atoms with Crippen LogP contribution < -0.4 is 5.73 Å². The number of primary amides is 1. The van der Waals surface area contributed by atoms with Gasteiger partial charge in [0.1, 0.15) is 17.6 Å². The highest BCUT2D eigenvalue weighted by Crippen LogP contribution is 2.26. The highest BCUT2D eigenvalue weighted by atomic mass is 16.2. The molecule has 3 aromatic rings. The minimum atomic E-state index is -0.573. The Kier molecular flexibility index (Phi) is 4.88. The Morgan fingerprint density at radius 2 is 1.86 bits per heavy atom. The number of aromatic nitrogens is 3. The molecule has 1 saturated heterocycles. The van der Waals surface area contributed by atoms with Crippen LogP contribution in [0.5, 0.6) is 0 Å². The van der Waals surface area contributed by atoms with Gasteiger partial charge in [-0.05, 0) is 51.0 Å². The molecular weight excluding hydrogens is 366 g/mol. The van der Waals surface area contributed by atoms with Crippen LogP contribution in [0, 0.1) is 13.8 Å². The second-order valence-electron chi connectivity index (χ2n) is 7.40. The summed E-state index contributed by atoms with van der Waals surface area (Å²) in [7, 11) is 0. The minimum absolute atomic E-state index is 0.279. The topological polar surface area (TPSA) is 94.1 Å². The molecule has 2 N–H and O–H groups in total. The van der Waals surface area contributed by atoms with E-state index in [4.69, 9.17) is 5.73 Å². The molecule has 0 radical (unpaired) electrons. The Morgan fingerprint density at radius 1 is 1.10 bits per heavy atom. The Balaban J connectivity index is 1.79. The molecule has 0 aliphatic carbocycles. The summed E-state index contributed by atoms with van der Waals surface area (Å²) in [6.07, 6.45) is 4.82. The Labute approximate surface area is 169 Å². The fourth-order valence-electron chi connectivity index (χ4n) is 3.64. The van der Waals surface area contributed by atoms with Crippen molar-refractivity contribution in [3.8, 4) is 17.1 Å². The lowest BCUT2D eigenvalue weighted by Crippen LogP contribution is -2.43. The number of carbonyl (C=O) groups excluding carboxylic acids is 2. The number of pyridine rings is 1. The summed E-state index contributed by atoms with van der Waals surface area (Å²) in [5, 5.41) is 0. The van der Waals surface area contributed by atoms with Gasteiger partial charge in [0.15, 0.2) is 0 Å². The predicted octanol–water partition coefficient (Wildman–Crippen LogP) is 2.64. The summed E-state index contributed by atoms with van der Waals surface area (Å²) in [5.74, 6) is -0.130. The second-order valence-corrected chi connectivity index (χ2v) is 7.40. The Bertz CT molecular complexity index is 991. The zero-order valence-corrected chi connectivity index (χ0v) is 16.5. The Hall–Kier alpha value is -3.48. The molecular formula is C22H23N5O2. The second kappa shape index (κ2) is 7.50. The van der Waals surface area contributed by atoms with Gasteiger partial charge in [-0.2, -0.15) is 0 Å². The van der Waals surface area contributed by atoms with E-state index in [0.29, 0.717) is 18.8 Å². The van der Waals surface area contributed by atoms with E-state index < -0.39 is 11.9 Å². The minimum Gasteiger partial charge on any atom is -0.368 e. The van der Waals surface area contributed by atoms with Crippen LogP contribution in [0.3, 0.4) is 0 Å². The molecule has 3 heterocycles. The van der Waals surface area contributed by atoms with Crippen molar-refractivity contribution in [1.29, 1.82) is 0 Å². The summed E-state index contributed by atoms with van der Waals surface area (Å²) in [5.41, 5.74) is 9.52. The summed E-state index contributed by atoms with van der Waals surface area (Å²) in [4.78, 5) is 35.4. The first-order valence-electron chi connectivity index (χ1n) is 9.64. The number of hydrogen-bond acceptors (Lipinski definition) is 4. The zero-order chi connectivity index (χ0) is 20.5. The molecule has 7 heteroatoms. The van der Waals surface area contributed by atoms with Gasteiger partial charge in [0.25, 0.3) is 5.91 Å². The number of aryl methyl sites for hydroxylation is 2. The molecule has 29 heavy (non-hydrogen) atoms. The molecule has 4 rings (SSSR count). The highest BCUT2D eigenvalue weighted by Gasteiger charge is 2.34. The van der Waals surface area contributed by atoms with E-state index in [2.05, 4.69) is 9.97 Å². The molecule has 1 unspecified atom stereocenters. The van der Waals surface area contributed by atoms with Crippen LogP contribution in [-0.4, -0.2) is 43.8 Å². The number of benzene rings is 1. The summed E-state index contributed by atoms with van der Waals surface area (Å²) >= 11 is 0. The highest BCUT2D eigenvalue weighted by molar-refractivity contribution is 5.96. The van der Waals surface area contributed by atoms with Gasteiger partial charge in [0.05, 0.1) is 0 Å². The fourth-order valence-corrected chi connectivity index (χ4v) is 3.64. The van der Waals surface area contributed by atoms with Gasteiger partial charge in [-0.3, -0.25) is 19.1 Å². The van der Waals surface area contributed by atoms with Gasteiger partial charge in [-0.15, -0.1) is 0 Å². The quantitative estimate of drug-likeness (QED) is 0.742. The average Bonchev–Trinajstić information content (AvgIpc) is 3.36. The summed E-state index contributed by atoms with van der Waals surface area (Å²) in [6.45, 7) is 4.45. The normalized spacial score (nSPS) is 16.2. The van der Waals surface area contributed by atoms with Crippen LogP contribution in [0.25, 0.3) is 17.1 Å². The smallest absolute Gasteiger partial charge is 0.274 e. The fraction of sp³-hybridized carbons (Fsp3) is 0.273. The molecule has 0 spiro atoms. The standard InChI is InChI=1S/C22H23N5O2/c1-14-5-9-17(10-6-14)27-13-18(22(29)26-11-3-4-19(26)20(23)28)25-21(27)16-8-7-15(2)24-12-16/h5-10,12-13,19H,3-4,11H2,1-2H3,(H2,23,28). The third-order valence-electron chi connectivity index (χ3n) is 5.25.